The molecular formula is C19H16F2N4O3. The van der Waals surface area contributed by atoms with E-state index in [1.54, 1.807) is 13.3 Å². The van der Waals surface area contributed by atoms with Gasteiger partial charge < -0.3 is 19.4 Å². The first-order valence-electron chi connectivity index (χ1n) is 8.49. The van der Waals surface area contributed by atoms with Crippen molar-refractivity contribution in [3.8, 4) is 5.75 Å². The number of ether oxygens (including phenoxy) is 1. The number of nitrogens with zero attached hydrogens (tertiary/aromatic N) is 3. The van der Waals surface area contributed by atoms with Gasteiger partial charge in [0, 0.05) is 18.3 Å². The van der Waals surface area contributed by atoms with Crippen molar-refractivity contribution in [2.24, 2.45) is 9.98 Å². The van der Waals surface area contributed by atoms with E-state index in [1.807, 2.05) is 4.90 Å². The standard InChI is InChI=1S/C19H16F2N4O3/c1-3-19(20,21)28-13-6-4-12(5-7-13)24-17(26)14-11(2)27-18-15(14)16-22-8-9-25(16)10-23-18/h3-7,10H,1,8-9H2,2H3,(H,24,26). The molecule has 4 rings (SSSR count). The summed E-state index contributed by atoms with van der Waals surface area (Å²) in [5, 5.41) is 2.73. The van der Waals surface area contributed by atoms with Crippen LogP contribution in [0.2, 0.25) is 0 Å². The highest BCUT2D eigenvalue weighted by Crippen LogP contribution is 2.35. The summed E-state index contributed by atoms with van der Waals surface area (Å²) in [6, 6.07) is 5.59. The van der Waals surface area contributed by atoms with Crippen LogP contribution in [-0.4, -0.2) is 42.2 Å². The molecule has 0 aliphatic carbocycles. The average Bonchev–Trinajstić information content (AvgIpc) is 3.26. The number of hydrogen-bond acceptors (Lipinski definition) is 6. The first kappa shape index (κ1) is 17.9. The molecule has 0 bridgehead atoms. The summed E-state index contributed by atoms with van der Waals surface area (Å²) in [6.07, 6.45) is -1.42. The summed E-state index contributed by atoms with van der Waals surface area (Å²) in [7, 11) is 0. The number of fused-ring (bicyclic) bond motifs is 3. The van der Waals surface area contributed by atoms with E-state index in [4.69, 9.17) is 4.42 Å². The number of amidine groups is 1. The highest BCUT2D eigenvalue weighted by molar-refractivity contribution is 6.19. The first-order valence-corrected chi connectivity index (χ1v) is 8.49. The summed E-state index contributed by atoms with van der Waals surface area (Å²) < 4.78 is 36.5. The van der Waals surface area contributed by atoms with Crippen LogP contribution < -0.4 is 10.1 Å². The number of nitrogens with one attached hydrogen (secondary N) is 1. The Hall–Kier alpha value is -3.49. The van der Waals surface area contributed by atoms with Crippen molar-refractivity contribution in [2.75, 3.05) is 18.4 Å². The van der Waals surface area contributed by atoms with E-state index in [0.29, 0.717) is 53.5 Å². The van der Waals surface area contributed by atoms with Gasteiger partial charge in [-0.25, -0.2) is 4.99 Å². The summed E-state index contributed by atoms with van der Waals surface area (Å²) in [6.45, 7) is 6.00. The van der Waals surface area contributed by atoms with Gasteiger partial charge in [0.2, 0.25) is 5.88 Å². The molecule has 1 amide bonds. The van der Waals surface area contributed by atoms with Crippen LogP contribution in [0.5, 0.6) is 5.75 Å². The number of furan rings is 1. The Balaban J connectivity index is 1.56. The van der Waals surface area contributed by atoms with Gasteiger partial charge in [-0.15, -0.1) is 0 Å². The number of anilines is 1. The highest BCUT2D eigenvalue weighted by atomic mass is 19.3. The minimum absolute atomic E-state index is 0.0509. The van der Waals surface area contributed by atoms with Gasteiger partial charge in [-0.1, -0.05) is 6.58 Å². The van der Waals surface area contributed by atoms with Crippen molar-refractivity contribution < 1.29 is 22.7 Å². The van der Waals surface area contributed by atoms with Gasteiger partial charge in [-0.2, -0.15) is 8.78 Å². The van der Waals surface area contributed by atoms with Gasteiger partial charge in [0.25, 0.3) is 5.91 Å². The second kappa shape index (κ2) is 6.59. The third kappa shape index (κ3) is 3.15. The Bertz CT molecular complexity index is 1010. The molecule has 0 atom stereocenters. The number of carbonyl (C=O) groups excluding carboxylic acids is 1. The second-order valence-electron chi connectivity index (χ2n) is 6.20. The molecule has 2 aliphatic rings. The molecule has 1 N–H and O–H groups in total. The fourth-order valence-electron chi connectivity index (χ4n) is 3.02. The fourth-order valence-corrected chi connectivity index (χ4v) is 3.02. The van der Waals surface area contributed by atoms with E-state index in [1.165, 1.54) is 24.3 Å². The predicted octanol–water partition coefficient (Wildman–Crippen LogP) is 3.73. The Kier molecular flexibility index (Phi) is 4.21. The van der Waals surface area contributed by atoms with Gasteiger partial charge in [0.1, 0.15) is 23.7 Å². The zero-order chi connectivity index (χ0) is 19.9. The lowest BCUT2D eigenvalue weighted by atomic mass is 10.1. The van der Waals surface area contributed by atoms with Gasteiger partial charge in [0.05, 0.1) is 17.7 Å². The summed E-state index contributed by atoms with van der Waals surface area (Å²) in [5.41, 5.74) is 1.31. The quantitative estimate of drug-likeness (QED) is 0.794. The molecule has 0 saturated carbocycles. The van der Waals surface area contributed by atoms with Gasteiger partial charge >= 0.3 is 6.11 Å². The first-order chi connectivity index (χ1) is 13.4. The molecule has 0 saturated heterocycles. The van der Waals surface area contributed by atoms with E-state index in [9.17, 15) is 13.6 Å². The molecule has 1 aromatic heterocycles. The third-order valence-corrected chi connectivity index (χ3v) is 4.31. The smallest absolute Gasteiger partial charge is 0.419 e. The summed E-state index contributed by atoms with van der Waals surface area (Å²) >= 11 is 0. The molecule has 2 aromatic rings. The van der Waals surface area contributed by atoms with E-state index < -0.39 is 12.0 Å². The molecule has 1 aromatic carbocycles. The number of carbonyl (C=O) groups is 1. The molecule has 0 radical (unpaired) electrons. The van der Waals surface area contributed by atoms with Crippen LogP contribution in [-0.2, 0) is 0 Å². The van der Waals surface area contributed by atoms with E-state index in [0.717, 1.165) is 0 Å². The minimum Gasteiger partial charge on any atom is -0.442 e. The van der Waals surface area contributed by atoms with Crippen molar-refractivity contribution in [3.63, 3.8) is 0 Å². The lowest BCUT2D eigenvalue weighted by Crippen LogP contribution is -2.30. The van der Waals surface area contributed by atoms with E-state index in [-0.39, 0.29) is 5.75 Å². The van der Waals surface area contributed by atoms with Crippen LogP contribution in [0.3, 0.4) is 0 Å². The average molecular weight is 386 g/mol. The van der Waals surface area contributed by atoms with Crippen LogP contribution in [0.25, 0.3) is 0 Å². The zero-order valence-corrected chi connectivity index (χ0v) is 14.9. The van der Waals surface area contributed by atoms with Crippen LogP contribution in [0, 0.1) is 6.92 Å². The van der Waals surface area contributed by atoms with Crippen LogP contribution >= 0.6 is 0 Å². The van der Waals surface area contributed by atoms with Crippen molar-refractivity contribution in [2.45, 2.75) is 13.0 Å². The van der Waals surface area contributed by atoms with Crippen LogP contribution in [0.4, 0.5) is 20.4 Å². The molecule has 0 spiro atoms. The van der Waals surface area contributed by atoms with Crippen molar-refractivity contribution in [1.82, 2.24) is 4.90 Å². The number of alkyl halides is 2. The molecule has 9 heteroatoms. The van der Waals surface area contributed by atoms with Crippen molar-refractivity contribution >= 4 is 29.7 Å². The molecule has 7 nitrogen and oxygen atoms in total. The number of rotatable bonds is 5. The van der Waals surface area contributed by atoms with Crippen molar-refractivity contribution in [1.29, 1.82) is 0 Å². The Morgan fingerprint density at radius 3 is 2.86 bits per heavy atom. The minimum atomic E-state index is -3.47. The molecule has 3 heterocycles. The normalized spacial score (nSPS) is 15.0. The lowest BCUT2D eigenvalue weighted by Gasteiger charge is -2.18. The van der Waals surface area contributed by atoms with Gasteiger partial charge in [-0.3, -0.25) is 9.79 Å². The molecule has 144 valence electrons. The predicted molar refractivity (Wildman–Crippen MR) is 99.9 cm³/mol. The molecule has 0 fully saturated rings. The Morgan fingerprint density at radius 1 is 1.39 bits per heavy atom. The maximum absolute atomic E-state index is 13.2. The van der Waals surface area contributed by atoms with Gasteiger partial charge in [-0.05, 0) is 31.2 Å². The maximum atomic E-state index is 13.2. The maximum Gasteiger partial charge on any atom is 0.419 e. The Labute approximate surface area is 159 Å². The lowest BCUT2D eigenvalue weighted by molar-refractivity contribution is -0.131. The van der Waals surface area contributed by atoms with Crippen LogP contribution in [0.15, 0.2) is 51.3 Å². The number of aliphatic imine (C=N–C) groups is 2. The zero-order valence-electron chi connectivity index (χ0n) is 14.9. The molecule has 0 unspecified atom stereocenters. The molecule has 28 heavy (non-hydrogen) atoms. The van der Waals surface area contributed by atoms with Gasteiger partial charge in [0.15, 0.2) is 0 Å². The monoisotopic (exact) mass is 386 g/mol. The number of aryl methyl sites for hydroxylation is 1. The number of benzene rings is 1. The molecule has 2 aliphatic heterocycles. The number of amides is 1. The molecular weight excluding hydrogens is 370 g/mol. The fraction of sp³-hybridized carbons (Fsp3) is 0.211. The summed E-state index contributed by atoms with van der Waals surface area (Å²) in [5.74, 6) is 0.961. The van der Waals surface area contributed by atoms with Crippen molar-refractivity contribution in [3.05, 3.63) is 53.8 Å². The Morgan fingerprint density at radius 2 is 2.14 bits per heavy atom. The summed E-state index contributed by atoms with van der Waals surface area (Å²) in [4.78, 5) is 23.4. The highest BCUT2D eigenvalue weighted by Gasteiger charge is 2.33. The van der Waals surface area contributed by atoms with E-state index in [2.05, 4.69) is 26.6 Å². The van der Waals surface area contributed by atoms with E-state index >= 15 is 0 Å². The SMILES string of the molecule is C=CC(F)(F)Oc1ccc(NC(=O)c2c(C)oc3c2C2=NCCN2C=N3)cc1. The second-order valence-corrected chi connectivity index (χ2v) is 6.20. The number of hydrogen-bond donors (Lipinski definition) is 1. The topological polar surface area (TPSA) is 79.4 Å². The van der Waals surface area contributed by atoms with Crippen LogP contribution in [0.1, 0.15) is 21.7 Å². The third-order valence-electron chi connectivity index (χ3n) is 4.31. The number of halogens is 2. The largest absolute Gasteiger partial charge is 0.442 e.